The standard InChI is InChI=1S/C18H19F3N2O/c1-12-4-6-13(7-5-12)10-17(24)22-16-9-8-14(23(2)3)11-15(16)18(19,20)21/h4-9,11H,10H2,1-3H3,(H,22,24). The summed E-state index contributed by atoms with van der Waals surface area (Å²) in [6.45, 7) is 1.92. The average Bonchev–Trinajstić information content (AvgIpc) is 2.48. The quantitative estimate of drug-likeness (QED) is 0.905. The summed E-state index contributed by atoms with van der Waals surface area (Å²) in [5, 5.41) is 2.37. The molecule has 0 saturated carbocycles. The molecule has 0 aliphatic heterocycles. The van der Waals surface area contributed by atoms with Crippen molar-refractivity contribution in [2.75, 3.05) is 24.3 Å². The molecular weight excluding hydrogens is 317 g/mol. The highest BCUT2D eigenvalue weighted by molar-refractivity contribution is 5.93. The second kappa shape index (κ2) is 6.95. The Bertz CT molecular complexity index is 722. The van der Waals surface area contributed by atoms with Crippen LogP contribution in [0.25, 0.3) is 0 Å². The molecule has 6 heteroatoms. The molecule has 0 aliphatic carbocycles. The maximum absolute atomic E-state index is 13.2. The van der Waals surface area contributed by atoms with Crippen LogP contribution in [0.5, 0.6) is 0 Å². The van der Waals surface area contributed by atoms with Crippen molar-refractivity contribution in [1.29, 1.82) is 0 Å². The summed E-state index contributed by atoms with van der Waals surface area (Å²) in [5.74, 6) is -0.484. The van der Waals surface area contributed by atoms with Gasteiger partial charge in [0.25, 0.3) is 0 Å². The molecule has 2 aromatic rings. The van der Waals surface area contributed by atoms with Crippen LogP contribution in [0.3, 0.4) is 0 Å². The van der Waals surface area contributed by atoms with Crippen molar-refractivity contribution < 1.29 is 18.0 Å². The third-order valence-corrected chi connectivity index (χ3v) is 3.58. The Kier molecular flexibility index (Phi) is 5.17. The van der Waals surface area contributed by atoms with Gasteiger partial charge in [0.05, 0.1) is 17.7 Å². The molecule has 0 fully saturated rings. The van der Waals surface area contributed by atoms with Crippen molar-refractivity contribution >= 4 is 17.3 Å². The summed E-state index contributed by atoms with van der Waals surface area (Å²) in [4.78, 5) is 13.7. The minimum atomic E-state index is -4.54. The summed E-state index contributed by atoms with van der Waals surface area (Å²) < 4.78 is 39.7. The smallest absolute Gasteiger partial charge is 0.378 e. The zero-order chi connectivity index (χ0) is 17.9. The highest BCUT2D eigenvalue weighted by Crippen LogP contribution is 2.37. The van der Waals surface area contributed by atoms with Crippen molar-refractivity contribution in [3.05, 3.63) is 59.2 Å². The number of carbonyl (C=O) groups is 1. The lowest BCUT2D eigenvalue weighted by Crippen LogP contribution is -2.19. The van der Waals surface area contributed by atoms with Gasteiger partial charge in [-0.25, -0.2) is 0 Å². The van der Waals surface area contributed by atoms with E-state index in [-0.39, 0.29) is 12.1 Å². The van der Waals surface area contributed by atoms with E-state index in [1.165, 1.54) is 12.1 Å². The second-order valence-electron chi connectivity index (χ2n) is 5.83. The normalized spacial score (nSPS) is 11.2. The first kappa shape index (κ1) is 17.8. The minimum Gasteiger partial charge on any atom is -0.378 e. The molecule has 3 nitrogen and oxygen atoms in total. The SMILES string of the molecule is Cc1ccc(CC(=O)Nc2ccc(N(C)C)cc2C(F)(F)F)cc1. The van der Waals surface area contributed by atoms with Crippen molar-refractivity contribution in [2.24, 2.45) is 0 Å². The van der Waals surface area contributed by atoms with Gasteiger partial charge in [-0.15, -0.1) is 0 Å². The zero-order valence-corrected chi connectivity index (χ0v) is 13.7. The van der Waals surface area contributed by atoms with Crippen LogP contribution in [0.4, 0.5) is 24.5 Å². The first-order chi connectivity index (χ1) is 11.2. The third kappa shape index (κ3) is 4.50. The molecule has 0 heterocycles. The lowest BCUT2D eigenvalue weighted by atomic mass is 10.1. The van der Waals surface area contributed by atoms with Gasteiger partial charge in [0.2, 0.25) is 5.91 Å². The Morgan fingerprint density at radius 2 is 1.71 bits per heavy atom. The Morgan fingerprint density at radius 1 is 1.08 bits per heavy atom. The van der Waals surface area contributed by atoms with Gasteiger partial charge in [-0.05, 0) is 30.7 Å². The van der Waals surface area contributed by atoms with E-state index in [0.717, 1.165) is 17.2 Å². The van der Waals surface area contributed by atoms with Crippen LogP contribution in [0.2, 0.25) is 0 Å². The second-order valence-corrected chi connectivity index (χ2v) is 5.83. The van der Waals surface area contributed by atoms with Gasteiger partial charge in [-0.1, -0.05) is 29.8 Å². The largest absolute Gasteiger partial charge is 0.418 e. The van der Waals surface area contributed by atoms with E-state index in [1.807, 2.05) is 19.1 Å². The number of nitrogens with one attached hydrogen (secondary N) is 1. The zero-order valence-electron chi connectivity index (χ0n) is 13.7. The van der Waals surface area contributed by atoms with Crippen molar-refractivity contribution in [2.45, 2.75) is 19.5 Å². The Hall–Kier alpha value is -2.50. The fraction of sp³-hybridized carbons (Fsp3) is 0.278. The molecule has 0 aromatic heterocycles. The van der Waals surface area contributed by atoms with Gasteiger partial charge in [-0.2, -0.15) is 13.2 Å². The number of hydrogen-bond acceptors (Lipinski definition) is 2. The van der Waals surface area contributed by atoms with E-state index in [9.17, 15) is 18.0 Å². The highest BCUT2D eigenvalue weighted by atomic mass is 19.4. The molecular formula is C18H19F3N2O. The van der Waals surface area contributed by atoms with Gasteiger partial charge in [0, 0.05) is 19.8 Å². The van der Waals surface area contributed by atoms with Crippen LogP contribution in [-0.4, -0.2) is 20.0 Å². The molecule has 1 N–H and O–H groups in total. The van der Waals surface area contributed by atoms with Gasteiger partial charge >= 0.3 is 6.18 Å². The average molecular weight is 336 g/mol. The summed E-state index contributed by atoms with van der Waals surface area (Å²) >= 11 is 0. The van der Waals surface area contributed by atoms with Crippen LogP contribution in [-0.2, 0) is 17.4 Å². The van der Waals surface area contributed by atoms with Gasteiger partial charge in [0.15, 0.2) is 0 Å². The molecule has 0 saturated heterocycles. The van der Waals surface area contributed by atoms with Crippen molar-refractivity contribution in [1.82, 2.24) is 0 Å². The van der Waals surface area contributed by atoms with Gasteiger partial charge in [-0.3, -0.25) is 4.79 Å². The number of aryl methyl sites for hydroxylation is 1. The van der Waals surface area contributed by atoms with Crippen molar-refractivity contribution in [3.63, 3.8) is 0 Å². The number of nitrogens with zero attached hydrogens (tertiary/aromatic N) is 1. The fourth-order valence-corrected chi connectivity index (χ4v) is 2.24. The molecule has 0 radical (unpaired) electrons. The summed E-state index contributed by atoms with van der Waals surface area (Å²) in [5.41, 5.74) is 1.13. The molecule has 128 valence electrons. The molecule has 2 rings (SSSR count). The van der Waals surface area contributed by atoms with Crippen molar-refractivity contribution in [3.8, 4) is 0 Å². The Labute approximate surface area is 139 Å². The van der Waals surface area contributed by atoms with Crippen LogP contribution in [0.15, 0.2) is 42.5 Å². The summed E-state index contributed by atoms with van der Waals surface area (Å²) in [7, 11) is 3.32. The van der Waals surface area contributed by atoms with Crippen LogP contribution < -0.4 is 10.2 Å². The van der Waals surface area contributed by atoms with Crippen LogP contribution >= 0.6 is 0 Å². The predicted molar refractivity (Wildman–Crippen MR) is 89.3 cm³/mol. The predicted octanol–water partition coefficient (Wildman–Crippen LogP) is 4.26. The highest BCUT2D eigenvalue weighted by Gasteiger charge is 2.34. The number of anilines is 2. The maximum Gasteiger partial charge on any atom is 0.418 e. The van der Waals surface area contributed by atoms with E-state index in [1.54, 1.807) is 31.1 Å². The topological polar surface area (TPSA) is 32.3 Å². The van der Waals surface area contributed by atoms with E-state index in [4.69, 9.17) is 0 Å². The van der Waals surface area contributed by atoms with E-state index < -0.39 is 17.6 Å². The van der Waals surface area contributed by atoms with E-state index >= 15 is 0 Å². The molecule has 0 unspecified atom stereocenters. The first-order valence-electron chi connectivity index (χ1n) is 7.41. The van der Waals surface area contributed by atoms with Crippen LogP contribution in [0.1, 0.15) is 16.7 Å². The molecule has 2 aromatic carbocycles. The number of halogens is 3. The lowest BCUT2D eigenvalue weighted by Gasteiger charge is -2.18. The number of alkyl halides is 3. The number of amides is 1. The fourth-order valence-electron chi connectivity index (χ4n) is 2.24. The molecule has 0 atom stereocenters. The van der Waals surface area contributed by atoms with E-state index in [0.29, 0.717) is 5.69 Å². The van der Waals surface area contributed by atoms with Gasteiger partial charge < -0.3 is 10.2 Å². The molecule has 0 bridgehead atoms. The number of benzene rings is 2. The Balaban J connectivity index is 2.21. The number of rotatable bonds is 4. The van der Waals surface area contributed by atoms with Gasteiger partial charge in [0.1, 0.15) is 0 Å². The Morgan fingerprint density at radius 3 is 2.25 bits per heavy atom. The molecule has 24 heavy (non-hydrogen) atoms. The molecule has 0 aliphatic rings. The molecule has 1 amide bonds. The van der Waals surface area contributed by atoms with E-state index in [2.05, 4.69) is 5.32 Å². The number of carbonyl (C=O) groups excluding carboxylic acids is 1. The molecule has 0 spiro atoms. The minimum absolute atomic E-state index is 0.0208. The number of hydrogen-bond donors (Lipinski definition) is 1. The third-order valence-electron chi connectivity index (χ3n) is 3.58. The van der Waals surface area contributed by atoms with Crippen LogP contribution in [0, 0.1) is 6.92 Å². The maximum atomic E-state index is 13.2. The summed E-state index contributed by atoms with van der Waals surface area (Å²) in [6.07, 6.45) is -4.52. The summed E-state index contributed by atoms with van der Waals surface area (Å²) in [6, 6.07) is 11.1. The lowest BCUT2D eigenvalue weighted by molar-refractivity contribution is -0.136. The monoisotopic (exact) mass is 336 g/mol. The first-order valence-corrected chi connectivity index (χ1v) is 7.41.